The van der Waals surface area contributed by atoms with Crippen LogP contribution in [0.25, 0.3) is 22.2 Å². The van der Waals surface area contributed by atoms with Gasteiger partial charge in [0.15, 0.2) is 0 Å². The second-order valence-corrected chi connectivity index (χ2v) is 8.68. The van der Waals surface area contributed by atoms with Crippen molar-refractivity contribution in [2.24, 2.45) is 0 Å². The number of carbonyl (C=O) groups excluding carboxylic acids is 1. The number of fused-ring (bicyclic) bond motifs is 1. The van der Waals surface area contributed by atoms with Crippen molar-refractivity contribution in [3.63, 3.8) is 0 Å². The van der Waals surface area contributed by atoms with Gasteiger partial charge in [0.25, 0.3) is 5.91 Å². The molecule has 0 bridgehead atoms. The van der Waals surface area contributed by atoms with Crippen LogP contribution in [0.2, 0.25) is 0 Å². The van der Waals surface area contributed by atoms with Crippen molar-refractivity contribution in [1.29, 1.82) is 0 Å². The molecule has 0 aliphatic carbocycles. The first-order chi connectivity index (χ1) is 16.5. The number of anilines is 2. The molecule has 4 heterocycles. The molecule has 0 spiro atoms. The molecule has 1 aliphatic heterocycles. The minimum atomic E-state index is -0.301. The molecule has 3 aromatic heterocycles. The van der Waals surface area contributed by atoms with Crippen molar-refractivity contribution in [3.8, 4) is 11.3 Å². The predicted octanol–water partition coefficient (Wildman–Crippen LogP) is 3.28. The van der Waals surface area contributed by atoms with E-state index in [0.29, 0.717) is 17.1 Å². The highest BCUT2D eigenvalue weighted by atomic mass is 16.1. The highest BCUT2D eigenvalue weighted by Gasteiger charge is 2.15. The molecule has 34 heavy (non-hydrogen) atoms. The zero-order valence-electron chi connectivity index (χ0n) is 19.2. The van der Waals surface area contributed by atoms with E-state index in [9.17, 15) is 4.79 Å². The summed E-state index contributed by atoms with van der Waals surface area (Å²) in [5.41, 5.74) is 2.81. The van der Waals surface area contributed by atoms with Crippen molar-refractivity contribution in [2.75, 3.05) is 23.7 Å². The average molecular weight is 458 g/mol. The van der Waals surface area contributed by atoms with Crippen LogP contribution >= 0.6 is 0 Å². The van der Waals surface area contributed by atoms with Crippen LogP contribution in [0.15, 0.2) is 49.2 Å². The van der Waals surface area contributed by atoms with E-state index >= 15 is 0 Å². The van der Waals surface area contributed by atoms with Gasteiger partial charge in [0.2, 0.25) is 5.95 Å². The Morgan fingerprint density at radius 1 is 1.12 bits per heavy atom. The third kappa shape index (κ3) is 4.86. The van der Waals surface area contributed by atoms with Gasteiger partial charge in [-0.05, 0) is 45.8 Å². The van der Waals surface area contributed by atoms with Crippen LogP contribution in [-0.4, -0.2) is 54.8 Å². The monoisotopic (exact) mass is 457 g/mol. The molecule has 10 nitrogen and oxygen atoms in total. The minimum Gasteiger partial charge on any atom is -0.366 e. The van der Waals surface area contributed by atoms with Crippen molar-refractivity contribution >= 4 is 28.6 Å². The Kier molecular flexibility index (Phi) is 6.13. The first kappa shape index (κ1) is 21.9. The molecule has 4 aromatic rings. The maximum absolute atomic E-state index is 12.6. The number of benzene rings is 1. The molecule has 1 amide bonds. The third-order valence-corrected chi connectivity index (χ3v) is 5.82. The molecule has 3 N–H and O–H groups in total. The van der Waals surface area contributed by atoms with Crippen LogP contribution in [0.1, 0.15) is 43.1 Å². The second-order valence-electron chi connectivity index (χ2n) is 8.68. The SMILES string of the molecule is CC(C)n1cc(C(=O)Nc2ncc3ccc(-c4cncc(NC5CCNCC5)n4)cc3n2)cn1. The van der Waals surface area contributed by atoms with Gasteiger partial charge >= 0.3 is 0 Å². The largest absolute Gasteiger partial charge is 0.366 e. The summed E-state index contributed by atoms with van der Waals surface area (Å²) < 4.78 is 1.73. The van der Waals surface area contributed by atoms with E-state index in [0.717, 1.165) is 48.4 Å². The number of hydrogen-bond acceptors (Lipinski definition) is 8. The lowest BCUT2D eigenvalue weighted by Gasteiger charge is -2.24. The van der Waals surface area contributed by atoms with Gasteiger partial charge in [-0.3, -0.25) is 19.8 Å². The van der Waals surface area contributed by atoms with E-state index in [2.05, 4.69) is 36.0 Å². The van der Waals surface area contributed by atoms with Gasteiger partial charge in [0.05, 0.1) is 35.4 Å². The lowest BCUT2D eigenvalue weighted by atomic mass is 10.1. The molecular formula is C24H27N9O. The van der Waals surface area contributed by atoms with E-state index in [1.54, 1.807) is 29.5 Å². The van der Waals surface area contributed by atoms with Crippen molar-refractivity contribution in [2.45, 2.75) is 38.8 Å². The maximum Gasteiger partial charge on any atom is 0.261 e. The van der Waals surface area contributed by atoms with Crippen LogP contribution in [0.4, 0.5) is 11.8 Å². The molecule has 5 rings (SSSR count). The fourth-order valence-corrected chi connectivity index (χ4v) is 3.90. The predicted molar refractivity (Wildman–Crippen MR) is 131 cm³/mol. The molecule has 0 unspecified atom stereocenters. The zero-order valence-corrected chi connectivity index (χ0v) is 19.2. The van der Waals surface area contributed by atoms with Crippen LogP contribution in [0.5, 0.6) is 0 Å². The summed E-state index contributed by atoms with van der Waals surface area (Å²) in [6, 6.07) is 6.42. The Hall–Kier alpha value is -3.92. The molecule has 0 saturated carbocycles. The molecule has 1 aliphatic rings. The summed E-state index contributed by atoms with van der Waals surface area (Å²) in [4.78, 5) is 30.6. The number of rotatable bonds is 6. The zero-order chi connectivity index (χ0) is 23.5. The van der Waals surface area contributed by atoms with Gasteiger partial charge < -0.3 is 10.6 Å². The summed E-state index contributed by atoms with van der Waals surface area (Å²) in [5.74, 6) is 0.700. The fourth-order valence-electron chi connectivity index (χ4n) is 3.90. The van der Waals surface area contributed by atoms with Crippen molar-refractivity contribution in [3.05, 3.63) is 54.7 Å². The second kappa shape index (κ2) is 9.52. The van der Waals surface area contributed by atoms with E-state index in [1.165, 1.54) is 6.20 Å². The smallest absolute Gasteiger partial charge is 0.261 e. The van der Waals surface area contributed by atoms with Crippen molar-refractivity contribution in [1.82, 2.24) is 35.0 Å². The van der Waals surface area contributed by atoms with Crippen LogP contribution in [0.3, 0.4) is 0 Å². The molecule has 0 atom stereocenters. The van der Waals surface area contributed by atoms with Gasteiger partial charge in [0, 0.05) is 35.4 Å². The summed E-state index contributed by atoms with van der Waals surface area (Å²) in [6.45, 7) is 6.02. The molecule has 0 radical (unpaired) electrons. The Bertz CT molecular complexity index is 1310. The van der Waals surface area contributed by atoms with Gasteiger partial charge in [-0.15, -0.1) is 0 Å². The average Bonchev–Trinajstić information content (AvgIpc) is 3.36. The molecular weight excluding hydrogens is 430 g/mol. The maximum atomic E-state index is 12.6. The summed E-state index contributed by atoms with van der Waals surface area (Å²) in [5, 5.41) is 14.7. The Morgan fingerprint density at radius 3 is 2.76 bits per heavy atom. The Labute approximate surface area is 197 Å². The van der Waals surface area contributed by atoms with Crippen LogP contribution in [-0.2, 0) is 0 Å². The fraction of sp³-hybridized carbons (Fsp3) is 0.333. The van der Waals surface area contributed by atoms with E-state index in [4.69, 9.17) is 4.98 Å². The van der Waals surface area contributed by atoms with Gasteiger partial charge in [-0.25, -0.2) is 15.0 Å². The minimum absolute atomic E-state index is 0.174. The number of hydrogen-bond donors (Lipinski definition) is 3. The topological polar surface area (TPSA) is 123 Å². The highest BCUT2D eigenvalue weighted by Crippen LogP contribution is 2.23. The molecule has 1 aromatic carbocycles. The van der Waals surface area contributed by atoms with Gasteiger partial charge in [0.1, 0.15) is 5.82 Å². The Balaban J connectivity index is 1.35. The summed E-state index contributed by atoms with van der Waals surface area (Å²) >= 11 is 0. The first-order valence-corrected chi connectivity index (χ1v) is 11.5. The summed E-state index contributed by atoms with van der Waals surface area (Å²) in [6.07, 6.45) is 10.6. The normalized spacial score (nSPS) is 14.4. The molecule has 1 saturated heterocycles. The number of nitrogens with zero attached hydrogens (tertiary/aromatic N) is 6. The quantitative estimate of drug-likeness (QED) is 0.403. The van der Waals surface area contributed by atoms with E-state index in [1.807, 2.05) is 32.0 Å². The van der Waals surface area contributed by atoms with Crippen LogP contribution < -0.4 is 16.0 Å². The highest BCUT2D eigenvalue weighted by molar-refractivity contribution is 6.03. The number of piperidine rings is 1. The van der Waals surface area contributed by atoms with E-state index < -0.39 is 0 Å². The number of nitrogens with one attached hydrogen (secondary N) is 3. The third-order valence-electron chi connectivity index (χ3n) is 5.82. The summed E-state index contributed by atoms with van der Waals surface area (Å²) in [7, 11) is 0. The van der Waals surface area contributed by atoms with Crippen molar-refractivity contribution < 1.29 is 4.79 Å². The Morgan fingerprint density at radius 2 is 1.97 bits per heavy atom. The standard InChI is InChI=1S/C24H27N9O/c1-15(2)33-14-18(11-28-33)23(34)32-24-27-10-17-4-3-16(9-20(17)31-24)21-12-26-13-22(30-21)29-19-5-7-25-8-6-19/h3-4,9-15,19,25H,5-8H2,1-2H3,(H,29,30)(H,27,31,32,34). The molecule has 1 fully saturated rings. The molecule has 10 heteroatoms. The first-order valence-electron chi connectivity index (χ1n) is 11.5. The van der Waals surface area contributed by atoms with E-state index in [-0.39, 0.29) is 17.9 Å². The number of amides is 1. The number of carbonyl (C=O) groups is 1. The van der Waals surface area contributed by atoms with Gasteiger partial charge in [-0.2, -0.15) is 5.10 Å². The molecule has 174 valence electrons. The lowest BCUT2D eigenvalue weighted by molar-refractivity contribution is 0.102. The van der Waals surface area contributed by atoms with Crippen LogP contribution in [0, 0.1) is 0 Å². The van der Waals surface area contributed by atoms with Gasteiger partial charge in [-0.1, -0.05) is 12.1 Å². The number of aromatic nitrogens is 6. The lowest BCUT2D eigenvalue weighted by Crippen LogP contribution is -2.35.